The topological polar surface area (TPSA) is 27.7 Å². The average Bonchev–Trinajstić information content (AvgIpc) is 2.88. The van der Waals surface area contributed by atoms with Crippen molar-refractivity contribution in [1.29, 1.82) is 0 Å². The summed E-state index contributed by atoms with van der Waals surface area (Å²) < 4.78 is 17.0. The van der Waals surface area contributed by atoms with Gasteiger partial charge in [-0.15, -0.1) is 0 Å². The maximum Gasteiger partial charge on any atom is 0.188 e. The Bertz CT molecular complexity index is 905. The fourth-order valence-electron chi connectivity index (χ4n) is 5.95. The van der Waals surface area contributed by atoms with E-state index >= 15 is 0 Å². The van der Waals surface area contributed by atoms with E-state index in [9.17, 15) is 0 Å². The fraction of sp³-hybridized carbons (Fsp3) is 0.600. The van der Waals surface area contributed by atoms with Crippen molar-refractivity contribution in [2.45, 2.75) is 95.3 Å². The van der Waals surface area contributed by atoms with Gasteiger partial charge in [0.25, 0.3) is 0 Å². The minimum absolute atomic E-state index is 0.0983. The van der Waals surface area contributed by atoms with E-state index in [1.54, 1.807) is 7.11 Å². The quantitative estimate of drug-likeness (QED) is 0.380. The summed E-state index contributed by atoms with van der Waals surface area (Å²) in [6, 6.07) is 13.7. The van der Waals surface area contributed by atoms with Crippen LogP contribution in [-0.2, 0) is 10.2 Å². The fourth-order valence-corrected chi connectivity index (χ4v) is 5.95. The number of rotatable bonds is 8. The Morgan fingerprint density at radius 1 is 0.697 bits per heavy atom. The molecule has 180 valence electrons. The molecule has 0 radical (unpaired) electrons. The maximum atomic E-state index is 6.00. The molecule has 0 aromatic heterocycles. The molecule has 0 saturated heterocycles. The Morgan fingerprint density at radius 2 is 1.18 bits per heavy atom. The van der Waals surface area contributed by atoms with Crippen molar-refractivity contribution in [2.24, 2.45) is 0 Å². The summed E-state index contributed by atoms with van der Waals surface area (Å²) in [6.07, 6.45) is 13.1. The third-order valence-corrected chi connectivity index (χ3v) is 8.11. The average molecular weight is 451 g/mol. The molecule has 2 aliphatic rings. The van der Waals surface area contributed by atoms with Crippen LogP contribution in [0.1, 0.15) is 112 Å². The van der Waals surface area contributed by atoms with Gasteiger partial charge in [-0.25, -0.2) is 0 Å². The van der Waals surface area contributed by atoms with Crippen LogP contribution in [0, 0.1) is 0 Å². The molecular formula is C30H42O3. The van der Waals surface area contributed by atoms with E-state index in [1.165, 1.54) is 86.5 Å². The van der Waals surface area contributed by atoms with Crippen LogP contribution in [0.25, 0.3) is 0 Å². The van der Waals surface area contributed by atoms with E-state index in [-0.39, 0.29) is 5.41 Å². The van der Waals surface area contributed by atoms with Crippen LogP contribution < -0.4 is 9.47 Å². The highest BCUT2D eigenvalue weighted by atomic mass is 16.7. The second kappa shape index (κ2) is 11.0. The highest BCUT2D eigenvalue weighted by molar-refractivity contribution is 5.49. The summed E-state index contributed by atoms with van der Waals surface area (Å²) in [5.41, 5.74) is 5.38. The minimum Gasteiger partial charge on any atom is -0.496 e. The monoisotopic (exact) mass is 450 g/mol. The molecule has 3 nitrogen and oxygen atoms in total. The highest BCUT2D eigenvalue weighted by Crippen LogP contribution is 2.44. The number of ether oxygens (including phenoxy) is 3. The third kappa shape index (κ3) is 5.40. The van der Waals surface area contributed by atoms with Crippen molar-refractivity contribution >= 4 is 0 Å². The Labute approximate surface area is 200 Å². The first kappa shape index (κ1) is 24.1. The van der Waals surface area contributed by atoms with Crippen LogP contribution in [0.5, 0.6) is 11.5 Å². The summed E-state index contributed by atoms with van der Waals surface area (Å²) in [5.74, 6) is 3.23. The first-order valence-corrected chi connectivity index (χ1v) is 13.0. The smallest absolute Gasteiger partial charge is 0.188 e. The summed E-state index contributed by atoms with van der Waals surface area (Å²) in [4.78, 5) is 0. The zero-order valence-electron chi connectivity index (χ0n) is 21.1. The van der Waals surface area contributed by atoms with Crippen LogP contribution in [-0.4, -0.2) is 21.0 Å². The predicted molar refractivity (Wildman–Crippen MR) is 136 cm³/mol. The lowest BCUT2D eigenvalue weighted by molar-refractivity contribution is 0.0500. The molecule has 2 aromatic rings. The zero-order chi connectivity index (χ0) is 23.3. The summed E-state index contributed by atoms with van der Waals surface area (Å²) in [6.45, 7) is 5.01. The number of hydrogen-bond donors (Lipinski definition) is 0. The molecule has 0 heterocycles. The summed E-state index contributed by atoms with van der Waals surface area (Å²) >= 11 is 0. The van der Waals surface area contributed by atoms with E-state index in [0.717, 1.165) is 11.5 Å². The van der Waals surface area contributed by atoms with Crippen molar-refractivity contribution in [1.82, 2.24) is 0 Å². The SMILES string of the molecule is COCOc1ccc(C(C)(C)c2ccc(OC)c(C3CCCCC3)c2)cc1C1CCCCC1. The van der Waals surface area contributed by atoms with E-state index < -0.39 is 0 Å². The normalized spacial score (nSPS) is 18.3. The van der Waals surface area contributed by atoms with Crippen LogP contribution >= 0.6 is 0 Å². The van der Waals surface area contributed by atoms with Crippen LogP contribution in [0.2, 0.25) is 0 Å². The van der Waals surface area contributed by atoms with Crippen molar-refractivity contribution in [3.8, 4) is 11.5 Å². The van der Waals surface area contributed by atoms with Crippen molar-refractivity contribution < 1.29 is 14.2 Å². The minimum atomic E-state index is -0.0983. The van der Waals surface area contributed by atoms with E-state index in [0.29, 0.717) is 18.6 Å². The Morgan fingerprint density at radius 3 is 1.67 bits per heavy atom. The van der Waals surface area contributed by atoms with Gasteiger partial charge in [-0.2, -0.15) is 0 Å². The van der Waals surface area contributed by atoms with Gasteiger partial charge in [-0.3, -0.25) is 0 Å². The lowest BCUT2D eigenvalue weighted by atomic mass is 9.74. The molecule has 2 aliphatic carbocycles. The number of methoxy groups -OCH3 is 2. The molecule has 0 aliphatic heterocycles. The summed E-state index contributed by atoms with van der Waals surface area (Å²) in [7, 11) is 3.49. The molecule has 0 bridgehead atoms. The maximum absolute atomic E-state index is 6.00. The van der Waals surface area contributed by atoms with Gasteiger partial charge in [0.05, 0.1) is 7.11 Å². The molecule has 2 saturated carbocycles. The largest absolute Gasteiger partial charge is 0.496 e. The predicted octanol–water partition coefficient (Wildman–Crippen LogP) is 8.10. The van der Waals surface area contributed by atoms with Crippen molar-refractivity contribution in [3.05, 3.63) is 58.7 Å². The number of benzene rings is 2. The molecule has 0 atom stereocenters. The van der Waals surface area contributed by atoms with Crippen LogP contribution in [0.15, 0.2) is 36.4 Å². The first-order chi connectivity index (χ1) is 16.0. The Kier molecular flexibility index (Phi) is 8.01. The first-order valence-electron chi connectivity index (χ1n) is 13.0. The molecule has 2 aromatic carbocycles. The lowest BCUT2D eigenvalue weighted by Crippen LogP contribution is -2.21. The van der Waals surface area contributed by atoms with Gasteiger partial charge >= 0.3 is 0 Å². The van der Waals surface area contributed by atoms with E-state index in [2.05, 4.69) is 50.2 Å². The highest BCUT2D eigenvalue weighted by Gasteiger charge is 2.29. The molecule has 0 spiro atoms. The Balaban J connectivity index is 1.70. The lowest BCUT2D eigenvalue weighted by Gasteiger charge is -2.31. The van der Waals surface area contributed by atoms with Crippen molar-refractivity contribution in [3.63, 3.8) is 0 Å². The zero-order valence-corrected chi connectivity index (χ0v) is 21.1. The van der Waals surface area contributed by atoms with Gasteiger partial charge in [-0.05, 0) is 71.9 Å². The van der Waals surface area contributed by atoms with E-state index in [4.69, 9.17) is 14.2 Å². The molecular weight excluding hydrogens is 408 g/mol. The number of hydrogen-bond acceptors (Lipinski definition) is 3. The van der Waals surface area contributed by atoms with Gasteiger partial charge in [0, 0.05) is 12.5 Å². The van der Waals surface area contributed by atoms with E-state index in [1.807, 2.05) is 7.11 Å². The molecule has 2 fully saturated rings. The Hall–Kier alpha value is -2.00. The standard InChI is InChI=1S/C30H42O3/c1-30(2,24-15-17-28(32-4)26(19-24)22-11-7-5-8-12-22)25-16-18-29(33-21-31-3)27(20-25)23-13-9-6-10-14-23/h15-20,22-23H,5-14,21H2,1-4H3. The molecule has 0 N–H and O–H groups in total. The molecule has 4 rings (SSSR count). The van der Waals surface area contributed by atoms with Crippen molar-refractivity contribution in [2.75, 3.05) is 21.0 Å². The van der Waals surface area contributed by atoms with Gasteiger partial charge in [-0.1, -0.05) is 76.6 Å². The molecule has 3 heteroatoms. The third-order valence-electron chi connectivity index (χ3n) is 8.11. The molecule has 0 unspecified atom stereocenters. The molecule has 33 heavy (non-hydrogen) atoms. The van der Waals surface area contributed by atoms with Gasteiger partial charge < -0.3 is 14.2 Å². The van der Waals surface area contributed by atoms with Gasteiger partial charge in [0.1, 0.15) is 11.5 Å². The molecule has 0 amide bonds. The summed E-state index contributed by atoms with van der Waals surface area (Å²) in [5, 5.41) is 0. The van der Waals surface area contributed by atoms with Crippen LogP contribution in [0.3, 0.4) is 0 Å². The van der Waals surface area contributed by atoms with Crippen LogP contribution in [0.4, 0.5) is 0 Å². The van der Waals surface area contributed by atoms with Gasteiger partial charge in [0.15, 0.2) is 6.79 Å². The second-order valence-corrected chi connectivity index (χ2v) is 10.6. The van der Waals surface area contributed by atoms with Gasteiger partial charge in [0.2, 0.25) is 0 Å². The second-order valence-electron chi connectivity index (χ2n) is 10.6.